The van der Waals surface area contributed by atoms with E-state index in [1.807, 2.05) is 0 Å². The zero-order chi connectivity index (χ0) is 15.8. The molecule has 20 heavy (non-hydrogen) atoms. The van der Waals surface area contributed by atoms with Crippen LogP contribution in [0.3, 0.4) is 0 Å². The Balaban J connectivity index is 3.46. The molecule has 0 radical (unpaired) electrons. The SMILES string of the molecule is NS(=O)(=O)Oc1ccc(S(=O)(=O)O)cc1OS(N)(=O)=O. The van der Waals surface area contributed by atoms with E-state index in [4.69, 9.17) is 4.55 Å². The Hall–Kier alpha value is -1.45. The van der Waals surface area contributed by atoms with Gasteiger partial charge in [0.1, 0.15) is 0 Å². The molecule has 0 saturated heterocycles. The first kappa shape index (κ1) is 16.6. The van der Waals surface area contributed by atoms with Gasteiger partial charge in [0.15, 0.2) is 11.5 Å². The summed E-state index contributed by atoms with van der Waals surface area (Å²) in [6.07, 6.45) is 0. The van der Waals surface area contributed by atoms with Crippen molar-refractivity contribution in [2.45, 2.75) is 4.90 Å². The normalized spacial score (nSPS) is 12.9. The summed E-state index contributed by atoms with van der Waals surface area (Å²) in [5, 5.41) is 9.13. The van der Waals surface area contributed by atoms with Crippen LogP contribution < -0.4 is 18.6 Å². The van der Waals surface area contributed by atoms with Gasteiger partial charge in [0.05, 0.1) is 4.90 Å². The number of nitrogens with two attached hydrogens (primary N) is 2. The molecule has 0 unspecified atom stereocenters. The summed E-state index contributed by atoms with van der Waals surface area (Å²) >= 11 is 0. The maximum absolute atomic E-state index is 10.9. The van der Waals surface area contributed by atoms with Gasteiger partial charge < -0.3 is 8.37 Å². The van der Waals surface area contributed by atoms with Gasteiger partial charge in [-0.2, -0.15) is 35.5 Å². The molecule has 0 amide bonds. The second-order valence-corrected chi connectivity index (χ2v) is 6.96. The van der Waals surface area contributed by atoms with Crippen LogP contribution in [0.5, 0.6) is 11.5 Å². The lowest BCUT2D eigenvalue weighted by molar-refractivity contribution is 0.448. The van der Waals surface area contributed by atoms with E-state index in [1.54, 1.807) is 0 Å². The van der Waals surface area contributed by atoms with Crippen molar-refractivity contribution in [3.05, 3.63) is 18.2 Å². The zero-order valence-electron chi connectivity index (χ0n) is 9.32. The number of hydrogen-bond acceptors (Lipinski definition) is 8. The minimum atomic E-state index is -4.69. The van der Waals surface area contributed by atoms with Crippen molar-refractivity contribution in [3.8, 4) is 11.5 Å². The highest BCUT2D eigenvalue weighted by molar-refractivity contribution is 7.86. The minimum absolute atomic E-state index is 0.486. The molecule has 0 aromatic heterocycles. The van der Waals surface area contributed by atoms with E-state index in [0.29, 0.717) is 12.1 Å². The van der Waals surface area contributed by atoms with Gasteiger partial charge in [0.25, 0.3) is 10.1 Å². The van der Waals surface area contributed by atoms with E-state index in [9.17, 15) is 25.3 Å². The van der Waals surface area contributed by atoms with Gasteiger partial charge >= 0.3 is 20.6 Å². The third-order valence-electron chi connectivity index (χ3n) is 1.62. The van der Waals surface area contributed by atoms with Crippen LogP contribution in [-0.4, -0.2) is 29.8 Å². The molecule has 114 valence electrons. The van der Waals surface area contributed by atoms with Crippen molar-refractivity contribution in [3.63, 3.8) is 0 Å². The van der Waals surface area contributed by atoms with Crippen LogP contribution in [0.15, 0.2) is 23.1 Å². The second kappa shape index (κ2) is 5.15. The van der Waals surface area contributed by atoms with E-state index < -0.39 is 47.1 Å². The van der Waals surface area contributed by atoms with Gasteiger partial charge in [0.2, 0.25) is 0 Å². The molecule has 0 fully saturated rings. The van der Waals surface area contributed by atoms with Crippen LogP contribution in [0.4, 0.5) is 0 Å². The number of benzene rings is 1. The molecule has 5 N–H and O–H groups in total. The third-order valence-corrected chi connectivity index (χ3v) is 3.30. The van der Waals surface area contributed by atoms with E-state index in [1.165, 1.54) is 0 Å². The highest BCUT2D eigenvalue weighted by atomic mass is 32.2. The molecule has 1 rings (SSSR count). The Morgan fingerprint density at radius 3 is 1.70 bits per heavy atom. The van der Waals surface area contributed by atoms with Gasteiger partial charge in [-0.15, -0.1) is 0 Å². The molecule has 11 nitrogen and oxygen atoms in total. The van der Waals surface area contributed by atoms with E-state index in [-0.39, 0.29) is 0 Å². The van der Waals surface area contributed by atoms with Crippen molar-refractivity contribution in [2.75, 3.05) is 0 Å². The fourth-order valence-electron chi connectivity index (χ4n) is 1.03. The summed E-state index contributed by atoms with van der Waals surface area (Å²) in [5.74, 6) is -1.63. The lowest BCUT2D eigenvalue weighted by Gasteiger charge is -2.09. The fraction of sp³-hybridized carbons (Fsp3) is 0. The summed E-state index contributed by atoms with van der Waals surface area (Å²) in [6, 6.07) is 1.92. The molecule has 0 aliphatic heterocycles. The predicted octanol–water partition coefficient (Wildman–Crippen LogP) is -1.90. The van der Waals surface area contributed by atoms with Crippen molar-refractivity contribution in [1.29, 1.82) is 0 Å². The summed E-state index contributed by atoms with van der Waals surface area (Å²) < 4.78 is 81.9. The zero-order valence-corrected chi connectivity index (χ0v) is 11.8. The van der Waals surface area contributed by atoms with Gasteiger partial charge in [-0.3, -0.25) is 4.55 Å². The number of hydrogen-bond donors (Lipinski definition) is 3. The Morgan fingerprint density at radius 1 is 0.850 bits per heavy atom. The molecule has 1 aromatic carbocycles. The summed E-state index contributed by atoms with van der Waals surface area (Å²) in [7, 11) is -13.8. The van der Waals surface area contributed by atoms with Gasteiger partial charge in [0, 0.05) is 6.07 Å². The van der Waals surface area contributed by atoms with Crippen molar-refractivity contribution in [2.24, 2.45) is 10.3 Å². The Labute approximate surface area is 114 Å². The van der Waals surface area contributed by atoms with E-state index >= 15 is 0 Å². The van der Waals surface area contributed by atoms with Crippen LogP contribution in [0.1, 0.15) is 0 Å². The Kier molecular flexibility index (Phi) is 4.28. The van der Waals surface area contributed by atoms with Crippen LogP contribution in [-0.2, 0) is 30.7 Å². The van der Waals surface area contributed by atoms with Crippen LogP contribution in [0.2, 0.25) is 0 Å². The van der Waals surface area contributed by atoms with Gasteiger partial charge in [-0.05, 0) is 12.1 Å². The minimum Gasteiger partial charge on any atom is -0.367 e. The van der Waals surface area contributed by atoms with Crippen molar-refractivity contribution >= 4 is 30.7 Å². The molecule has 0 aliphatic rings. The van der Waals surface area contributed by atoms with Crippen LogP contribution in [0.25, 0.3) is 0 Å². The Bertz CT molecular complexity index is 824. The maximum Gasteiger partial charge on any atom is 0.380 e. The molecule has 0 bridgehead atoms. The first-order valence-electron chi connectivity index (χ1n) is 4.34. The Morgan fingerprint density at radius 2 is 1.30 bits per heavy atom. The van der Waals surface area contributed by atoms with Crippen LogP contribution >= 0.6 is 0 Å². The van der Waals surface area contributed by atoms with E-state index in [2.05, 4.69) is 18.6 Å². The average Bonchev–Trinajstić information content (AvgIpc) is 2.14. The molecule has 0 aliphatic carbocycles. The lowest BCUT2D eigenvalue weighted by Crippen LogP contribution is -2.22. The summed E-state index contributed by atoms with van der Waals surface area (Å²) in [5.41, 5.74) is 0. The third kappa shape index (κ3) is 5.27. The first-order valence-corrected chi connectivity index (χ1v) is 8.72. The maximum atomic E-state index is 10.9. The van der Waals surface area contributed by atoms with E-state index in [0.717, 1.165) is 6.07 Å². The van der Waals surface area contributed by atoms with Gasteiger partial charge in [-0.1, -0.05) is 0 Å². The van der Waals surface area contributed by atoms with Gasteiger partial charge in [-0.25, -0.2) is 0 Å². The summed E-state index contributed by atoms with van der Waals surface area (Å²) in [6.45, 7) is 0. The van der Waals surface area contributed by atoms with Crippen molar-refractivity contribution < 1.29 is 38.2 Å². The topological polar surface area (TPSA) is 193 Å². The molecule has 0 spiro atoms. The molecule has 0 atom stereocenters. The average molecular weight is 348 g/mol. The number of rotatable bonds is 5. The molecular weight excluding hydrogens is 340 g/mol. The smallest absolute Gasteiger partial charge is 0.367 e. The van der Waals surface area contributed by atoms with Crippen molar-refractivity contribution in [1.82, 2.24) is 0 Å². The molecule has 1 aromatic rings. The standard InChI is InChI=1S/C6H8N2O9S3/c7-19(12,13)16-5-2-1-4(18(9,10)11)3-6(5)17-20(8,14)15/h1-3H,(H2,7,12,13)(H2,8,14,15)(H,9,10,11). The fourth-order valence-corrected chi connectivity index (χ4v) is 2.30. The summed E-state index contributed by atoms with van der Waals surface area (Å²) in [4.78, 5) is -0.780. The molecule has 0 heterocycles. The monoisotopic (exact) mass is 348 g/mol. The largest absolute Gasteiger partial charge is 0.380 e. The highest BCUT2D eigenvalue weighted by Crippen LogP contribution is 2.31. The highest BCUT2D eigenvalue weighted by Gasteiger charge is 2.20. The first-order chi connectivity index (χ1) is 8.78. The molecule has 0 saturated carbocycles. The predicted molar refractivity (Wildman–Crippen MR) is 63.7 cm³/mol. The quantitative estimate of drug-likeness (QED) is 0.509. The molecule has 14 heteroatoms. The molecular formula is C6H8N2O9S3. The lowest BCUT2D eigenvalue weighted by atomic mass is 10.3. The van der Waals surface area contributed by atoms with Crippen LogP contribution in [0, 0.1) is 0 Å². The second-order valence-electron chi connectivity index (χ2n) is 3.24.